The summed E-state index contributed by atoms with van der Waals surface area (Å²) in [4.78, 5) is 2.62. The summed E-state index contributed by atoms with van der Waals surface area (Å²) in [5.74, 6) is 0. The summed E-state index contributed by atoms with van der Waals surface area (Å²) in [6, 6.07) is 1.63. The van der Waals surface area contributed by atoms with Gasteiger partial charge in [0, 0.05) is 32.3 Å². The molecule has 94 valence electrons. The lowest BCUT2D eigenvalue weighted by Crippen LogP contribution is -2.46. The van der Waals surface area contributed by atoms with E-state index in [4.69, 9.17) is 4.74 Å². The van der Waals surface area contributed by atoms with Gasteiger partial charge in [0.05, 0.1) is 0 Å². The van der Waals surface area contributed by atoms with Gasteiger partial charge in [-0.1, -0.05) is 0 Å². The highest BCUT2D eigenvalue weighted by Crippen LogP contribution is 2.22. The first-order valence-corrected chi connectivity index (χ1v) is 6.86. The monoisotopic (exact) mass is 226 g/mol. The molecule has 3 nitrogen and oxygen atoms in total. The van der Waals surface area contributed by atoms with Crippen LogP contribution in [0.5, 0.6) is 0 Å². The van der Waals surface area contributed by atoms with Crippen LogP contribution in [-0.2, 0) is 4.74 Å². The third kappa shape index (κ3) is 4.40. The van der Waals surface area contributed by atoms with Crippen molar-refractivity contribution in [3.63, 3.8) is 0 Å². The Morgan fingerprint density at radius 2 is 2.06 bits per heavy atom. The molecule has 2 fully saturated rings. The van der Waals surface area contributed by atoms with Crippen molar-refractivity contribution in [2.45, 2.75) is 50.6 Å². The molecule has 0 aromatic carbocycles. The SMILES string of the molecule is COCCCCN1CCCC(NC2CC2)C1. The van der Waals surface area contributed by atoms with Crippen molar-refractivity contribution >= 4 is 0 Å². The molecule has 0 radical (unpaired) electrons. The molecule has 1 aliphatic heterocycles. The third-order valence-electron chi connectivity index (χ3n) is 3.63. The summed E-state index contributed by atoms with van der Waals surface area (Å²) in [5, 5.41) is 3.76. The molecule has 1 heterocycles. The number of nitrogens with one attached hydrogen (secondary N) is 1. The second kappa shape index (κ2) is 6.58. The molecule has 2 rings (SSSR count). The number of nitrogens with zero attached hydrogens (tertiary/aromatic N) is 1. The number of hydrogen-bond donors (Lipinski definition) is 1. The molecular formula is C13H26N2O. The Balaban J connectivity index is 1.57. The summed E-state index contributed by atoms with van der Waals surface area (Å²) in [6.07, 6.45) is 8.05. The van der Waals surface area contributed by atoms with Crippen LogP contribution in [0.4, 0.5) is 0 Å². The van der Waals surface area contributed by atoms with Crippen molar-refractivity contribution in [1.82, 2.24) is 10.2 Å². The molecule has 1 aliphatic carbocycles. The normalized spacial score (nSPS) is 27.2. The van der Waals surface area contributed by atoms with E-state index in [1.165, 1.54) is 58.2 Å². The van der Waals surface area contributed by atoms with Crippen LogP contribution in [0.25, 0.3) is 0 Å². The van der Waals surface area contributed by atoms with E-state index in [0.29, 0.717) is 0 Å². The lowest BCUT2D eigenvalue weighted by atomic mass is 10.1. The lowest BCUT2D eigenvalue weighted by molar-refractivity contribution is 0.165. The van der Waals surface area contributed by atoms with Gasteiger partial charge in [0.2, 0.25) is 0 Å². The molecule has 1 N–H and O–H groups in total. The first-order valence-electron chi connectivity index (χ1n) is 6.86. The van der Waals surface area contributed by atoms with E-state index in [1.54, 1.807) is 7.11 Å². The fourth-order valence-electron chi connectivity index (χ4n) is 2.56. The Morgan fingerprint density at radius 3 is 2.81 bits per heavy atom. The smallest absolute Gasteiger partial charge is 0.0462 e. The van der Waals surface area contributed by atoms with E-state index in [0.717, 1.165) is 18.7 Å². The molecule has 3 heteroatoms. The summed E-state index contributed by atoms with van der Waals surface area (Å²) in [5.41, 5.74) is 0. The molecule has 2 aliphatic rings. The molecular weight excluding hydrogens is 200 g/mol. The molecule has 16 heavy (non-hydrogen) atoms. The summed E-state index contributed by atoms with van der Waals surface area (Å²) in [7, 11) is 1.79. The first-order chi connectivity index (χ1) is 7.88. The quantitative estimate of drug-likeness (QED) is 0.668. The molecule has 0 aromatic rings. The number of hydrogen-bond acceptors (Lipinski definition) is 3. The van der Waals surface area contributed by atoms with Crippen molar-refractivity contribution in [3.8, 4) is 0 Å². The van der Waals surface area contributed by atoms with Gasteiger partial charge in [-0.05, 0) is 51.6 Å². The number of ether oxygens (including phenoxy) is 1. The Kier molecular flexibility index (Phi) is 5.07. The zero-order chi connectivity index (χ0) is 11.2. The molecule has 0 bridgehead atoms. The van der Waals surface area contributed by atoms with Crippen molar-refractivity contribution in [2.75, 3.05) is 33.4 Å². The van der Waals surface area contributed by atoms with Gasteiger partial charge in [0.1, 0.15) is 0 Å². The highest BCUT2D eigenvalue weighted by Gasteiger charge is 2.27. The second-order valence-corrected chi connectivity index (χ2v) is 5.28. The summed E-state index contributed by atoms with van der Waals surface area (Å²) < 4.78 is 5.08. The fourth-order valence-corrected chi connectivity index (χ4v) is 2.56. The number of rotatable bonds is 7. The van der Waals surface area contributed by atoms with E-state index in [-0.39, 0.29) is 0 Å². The van der Waals surface area contributed by atoms with Gasteiger partial charge in [-0.25, -0.2) is 0 Å². The Hall–Kier alpha value is -0.120. The zero-order valence-electron chi connectivity index (χ0n) is 10.6. The predicted molar refractivity (Wildman–Crippen MR) is 66.7 cm³/mol. The van der Waals surface area contributed by atoms with Crippen LogP contribution >= 0.6 is 0 Å². The zero-order valence-corrected chi connectivity index (χ0v) is 10.6. The molecule has 1 saturated carbocycles. The minimum absolute atomic E-state index is 0.767. The van der Waals surface area contributed by atoms with Gasteiger partial charge in [-0.3, -0.25) is 0 Å². The number of methoxy groups -OCH3 is 1. The maximum absolute atomic E-state index is 5.08. The topological polar surface area (TPSA) is 24.5 Å². The van der Waals surface area contributed by atoms with Crippen LogP contribution in [0.2, 0.25) is 0 Å². The van der Waals surface area contributed by atoms with Gasteiger partial charge in [-0.15, -0.1) is 0 Å². The number of unbranched alkanes of at least 4 members (excludes halogenated alkanes) is 1. The Bertz CT molecular complexity index is 194. The minimum atomic E-state index is 0.767. The van der Waals surface area contributed by atoms with E-state index in [2.05, 4.69) is 10.2 Å². The fraction of sp³-hybridized carbons (Fsp3) is 1.00. The molecule has 0 aromatic heterocycles. The highest BCUT2D eigenvalue weighted by atomic mass is 16.5. The standard InChI is InChI=1S/C13H26N2O/c1-16-10-3-2-8-15-9-4-5-13(11-15)14-12-6-7-12/h12-14H,2-11H2,1H3. The Morgan fingerprint density at radius 1 is 1.19 bits per heavy atom. The van der Waals surface area contributed by atoms with Gasteiger partial charge in [0.15, 0.2) is 0 Å². The van der Waals surface area contributed by atoms with E-state index in [1.807, 2.05) is 0 Å². The Labute approximate surface area is 99.5 Å². The van der Waals surface area contributed by atoms with Crippen LogP contribution in [0.15, 0.2) is 0 Å². The third-order valence-corrected chi connectivity index (χ3v) is 3.63. The van der Waals surface area contributed by atoms with Gasteiger partial charge < -0.3 is 15.0 Å². The minimum Gasteiger partial charge on any atom is -0.385 e. The van der Waals surface area contributed by atoms with Crippen LogP contribution < -0.4 is 5.32 Å². The van der Waals surface area contributed by atoms with Crippen molar-refractivity contribution in [2.24, 2.45) is 0 Å². The second-order valence-electron chi connectivity index (χ2n) is 5.28. The van der Waals surface area contributed by atoms with Crippen molar-refractivity contribution in [1.29, 1.82) is 0 Å². The largest absolute Gasteiger partial charge is 0.385 e. The van der Waals surface area contributed by atoms with Gasteiger partial charge in [-0.2, -0.15) is 0 Å². The van der Waals surface area contributed by atoms with Crippen molar-refractivity contribution < 1.29 is 4.74 Å². The molecule has 0 amide bonds. The van der Waals surface area contributed by atoms with Crippen LogP contribution in [0.1, 0.15) is 38.5 Å². The van der Waals surface area contributed by atoms with Crippen molar-refractivity contribution in [3.05, 3.63) is 0 Å². The summed E-state index contributed by atoms with van der Waals surface area (Å²) >= 11 is 0. The van der Waals surface area contributed by atoms with Gasteiger partial charge >= 0.3 is 0 Å². The number of piperidine rings is 1. The van der Waals surface area contributed by atoms with E-state index in [9.17, 15) is 0 Å². The molecule has 1 atom stereocenters. The van der Waals surface area contributed by atoms with E-state index >= 15 is 0 Å². The lowest BCUT2D eigenvalue weighted by Gasteiger charge is -2.33. The maximum Gasteiger partial charge on any atom is 0.0462 e. The number of likely N-dealkylation sites (tertiary alicyclic amines) is 1. The molecule has 0 spiro atoms. The van der Waals surface area contributed by atoms with E-state index < -0.39 is 0 Å². The maximum atomic E-state index is 5.08. The predicted octanol–water partition coefficient (Wildman–Crippen LogP) is 1.63. The van der Waals surface area contributed by atoms with Crippen LogP contribution in [0, 0.1) is 0 Å². The first kappa shape index (κ1) is 12.3. The average Bonchev–Trinajstić information content (AvgIpc) is 3.09. The highest BCUT2D eigenvalue weighted by molar-refractivity contribution is 4.87. The average molecular weight is 226 g/mol. The van der Waals surface area contributed by atoms with Crippen LogP contribution in [0.3, 0.4) is 0 Å². The molecule has 1 saturated heterocycles. The van der Waals surface area contributed by atoms with Gasteiger partial charge in [0.25, 0.3) is 0 Å². The molecule has 1 unspecified atom stereocenters. The summed E-state index contributed by atoms with van der Waals surface area (Å²) in [6.45, 7) is 4.74. The van der Waals surface area contributed by atoms with Crippen LogP contribution in [-0.4, -0.2) is 50.3 Å².